The smallest absolute Gasteiger partial charge is 0.307 e. The molecule has 0 radical (unpaired) electrons. The average molecular weight is 214 g/mol. The first-order valence-electron chi connectivity index (χ1n) is 5.24. The summed E-state index contributed by atoms with van der Waals surface area (Å²) in [5.74, 6) is -1.68. The number of rotatable bonds is 4. The second-order valence-corrected chi connectivity index (χ2v) is 5.07. The SMILES string of the molecule is CC(C)(C)OC(=O)CC(C(=O)O)C1CC1. The molecule has 86 valence electrons. The van der Waals surface area contributed by atoms with Gasteiger partial charge in [-0.15, -0.1) is 0 Å². The third-order valence-corrected chi connectivity index (χ3v) is 2.31. The number of hydrogen-bond acceptors (Lipinski definition) is 3. The fourth-order valence-electron chi connectivity index (χ4n) is 1.52. The van der Waals surface area contributed by atoms with E-state index in [1.807, 2.05) is 0 Å². The fourth-order valence-corrected chi connectivity index (χ4v) is 1.52. The fraction of sp³-hybridized carbons (Fsp3) is 0.818. The van der Waals surface area contributed by atoms with Crippen molar-refractivity contribution in [3.63, 3.8) is 0 Å². The molecule has 0 heterocycles. The number of carboxylic acids is 1. The van der Waals surface area contributed by atoms with E-state index in [0.717, 1.165) is 12.8 Å². The summed E-state index contributed by atoms with van der Waals surface area (Å²) in [5, 5.41) is 8.92. The average Bonchev–Trinajstić information content (AvgIpc) is 2.78. The zero-order valence-electron chi connectivity index (χ0n) is 9.45. The molecule has 0 saturated heterocycles. The highest BCUT2D eigenvalue weighted by Gasteiger charge is 2.38. The van der Waals surface area contributed by atoms with Crippen molar-refractivity contribution >= 4 is 11.9 Å². The molecule has 1 aliphatic rings. The topological polar surface area (TPSA) is 63.6 Å². The Morgan fingerprint density at radius 3 is 2.27 bits per heavy atom. The zero-order valence-corrected chi connectivity index (χ0v) is 9.45. The molecule has 1 aliphatic carbocycles. The lowest BCUT2D eigenvalue weighted by molar-refractivity contribution is -0.160. The number of aliphatic carboxylic acids is 1. The van der Waals surface area contributed by atoms with Gasteiger partial charge in [0.25, 0.3) is 0 Å². The lowest BCUT2D eigenvalue weighted by Crippen LogP contribution is -2.28. The van der Waals surface area contributed by atoms with Gasteiger partial charge in [0, 0.05) is 0 Å². The van der Waals surface area contributed by atoms with Crippen LogP contribution in [0.1, 0.15) is 40.0 Å². The van der Waals surface area contributed by atoms with Crippen molar-refractivity contribution in [3.05, 3.63) is 0 Å². The van der Waals surface area contributed by atoms with E-state index in [9.17, 15) is 9.59 Å². The first-order valence-corrected chi connectivity index (χ1v) is 5.24. The summed E-state index contributed by atoms with van der Waals surface area (Å²) in [6.45, 7) is 5.33. The minimum absolute atomic E-state index is 0.00271. The molecule has 1 N–H and O–H groups in total. The summed E-state index contributed by atoms with van der Waals surface area (Å²) < 4.78 is 5.09. The van der Waals surface area contributed by atoms with Gasteiger partial charge in [-0.1, -0.05) is 0 Å². The van der Waals surface area contributed by atoms with Gasteiger partial charge in [-0.3, -0.25) is 9.59 Å². The maximum absolute atomic E-state index is 11.4. The monoisotopic (exact) mass is 214 g/mol. The predicted octanol–water partition coefficient (Wildman–Crippen LogP) is 1.83. The van der Waals surface area contributed by atoms with E-state index in [4.69, 9.17) is 9.84 Å². The van der Waals surface area contributed by atoms with Crippen LogP contribution in [0.15, 0.2) is 0 Å². The third-order valence-electron chi connectivity index (χ3n) is 2.31. The lowest BCUT2D eigenvalue weighted by atomic mass is 10.00. The van der Waals surface area contributed by atoms with E-state index in [0.29, 0.717) is 0 Å². The van der Waals surface area contributed by atoms with E-state index < -0.39 is 23.5 Å². The van der Waals surface area contributed by atoms with Crippen LogP contribution < -0.4 is 0 Å². The molecule has 0 spiro atoms. The van der Waals surface area contributed by atoms with Crippen molar-refractivity contribution in [2.75, 3.05) is 0 Å². The standard InChI is InChI=1S/C11H18O4/c1-11(2,3)15-9(12)6-8(10(13)14)7-4-5-7/h7-8H,4-6H2,1-3H3,(H,13,14). The Kier molecular flexibility index (Phi) is 3.37. The van der Waals surface area contributed by atoms with Crippen LogP contribution in [0.4, 0.5) is 0 Å². The van der Waals surface area contributed by atoms with Crippen molar-refractivity contribution in [2.45, 2.75) is 45.6 Å². The van der Waals surface area contributed by atoms with Crippen molar-refractivity contribution in [2.24, 2.45) is 11.8 Å². The lowest BCUT2D eigenvalue weighted by Gasteiger charge is -2.20. The van der Waals surface area contributed by atoms with Crippen molar-refractivity contribution in [1.29, 1.82) is 0 Å². The van der Waals surface area contributed by atoms with Gasteiger partial charge < -0.3 is 9.84 Å². The molecule has 0 aromatic heterocycles. The number of carboxylic acid groups (broad SMARTS) is 1. The number of carbonyl (C=O) groups excluding carboxylic acids is 1. The van der Waals surface area contributed by atoms with Crippen LogP contribution in [0, 0.1) is 11.8 Å². The molecule has 0 aromatic rings. The molecule has 1 saturated carbocycles. The summed E-state index contributed by atoms with van der Waals surface area (Å²) in [7, 11) is 0. The van der Waals surface area contributed by atoms with Crippen LogP contribution in [0.5, 0.6) is 0 Å². The molecule has 1 fully saturated rings. The molecule has 0 aliphatic heterocycles. The van der Waals surface area contributed by atoms with Gasteiger partial charge in [-0.05, 0) is 39.5 Å². The molecular formula is C11H18O4. The van der Waals surface area contributed by atoms with Gasteiger partial charge in [0.2, 0.25) is 0 Å². The normalized spacial score (nSPS) is 18.3. The molecule has 1 unspecified atom stereocenters. The third kappa shape index (κ3) is 4.32. The highest BCUT2D eigenvalue weighted by Crippen LogP contribution is 2.39. The number of esters is 1. The van der Waals surface area contributed by atoms with Crippen LogP contribution in [0.3, 0.4) is 0 Å². The first-order chi connectivity index (χ1) is 6.79. The van der Waals surface area contributed by atoms with Gasteiger partial charge in [-0.2, -0.15) is 0 Å². The van der Waals surface area contributed by atoms with E-state index >= 15 is 0 Å². The summed E-state index contributed by atoms with van der Waals surface area (Å²) in [6, 6.07) is 0. The van der Waals surface area contributed by atoms with E-state index in [2.05, 4.69) is 0 Å². The Labute approximate surface area is 89.6 Å². The maximum Gasteiger partial charge on any atom is 0.307 e. The van der Waals surface area contributed by atoms with Gasteiger partial charge in [-0.25, -0.2) is 0 Å². The largest absolute Gasteiger partial charge is 0.481 e. The highest BCUT2D eigenvalue weighted by atomic mass is 16.6. The second kappa shape index (κ2) is 4.21. The number of ether oxygens (including phenoxy) is 1. The van der Waals surface area contributed by atoms with Crippen LogP contribution in [0.25, 0.3) is 0 Å². The predicted molar refractivity (Wildman–Crippen MR) is 54.3 cm³/mol. The number of carbonyl (C=O) groups is 2. The van der Waals surface area contributed by atoms with Crippen molar-refractivity contribution in [3.8, 4) is 0 Å². The summed E-state index contributed by atoms with van der Waals surface area (Å²) in [5.41, 5.74) is -0.538. The highest BCUT2D eigenvalue weighted by molar-refractivity contribution is 5.79. The molecule has 4 heteroatoms. The van der Waals surface area contributed by atoms with Crippen molar-refractivity contribution < 1.29 is 19.4 Å². The quantitative estimate of drug-likeness (QED) is 0.725. The molecule has 1 atom stereocenters. The van der Waals surface area contributed by atoms with Gasteiger partial charge in [0.1, 0.15) is 5.60 Å². The van der Waals surface area contributed by atoms with Crippen LogP contribution >= 0.6 is 0 Å². The van der Waals surface area contributed by atoms with Crippen molar-refractivity contribution in [1.82, 2.24) is 0 Å². The summed E-state index contributed by atoms with van der Waals surface area (Å²) in [6.07, 6.45) is 1.83. The van der Waals surface area contributed by atoms with E-state index in [1.54, 1.807) is 20.8 Å². The Balaban J connectivity index is 2.44. The molecule has 4 nitrogen and oxygen atoms in total. The second-order valence-electron chi connectivity index (χ2n) is 5.07. The minimum atomic E-state index is -0.886. The van der Waals surface area contributed by atoms with E-state index in [-0.39, 0.29) is 12.3 Å². The maximum atomic E-state index is 11.4. The Hall–Kier alpha value is -1.06. The Morgan fingerprint density at radius 2 is 1.93 bits per heavy atom. The number of hydrogen-bond donors (Lipinski definition) is 1. The summed E-state index contributed by atoms with van der Waals surface area (Å²) >= 11 is 0. The minimum Gasteiger partial charge on any atom is -0.481 e. The summed E-state index contributed by atoms with van der Waals surface area (Å²) in [4.78, 5) is 22.3. The molecule has 0 amide bonds. The van der Waals surface area contributed by atoms with Crippen LogP contribution in [-0.2, 0) is 14.3 Å². The Bertz CT molecular complexity index is 260. The molecule has 0 bridgehead atoms. The van der Waals surface area contributed by atoms with Gasteiger partial charge in [0.05, 0.1) is 12.3 Å². The first kappa shape index (κ1) is 12.0. The molecule has 1 rings (SSSR count). The van der Waals surface area contributed by atoms with Crippen LogP contribution in [0.2, 0.25) is 0 Å². The molecule has 0 aromatic carbocycles. The van der Waals surface area contributed by atoms with Crippen LogP contribution in [-0.4, -0.2) is 22.6 Å². The molecule has 15 heavy (non-hydrogen) atoms. The Morgan fingerprint density at radius 1 is 1.40 bits per heavy atom. The van der Waals surface area contributed by atoms with Gasteiger partial charge >= 0.3 is 11.9 Å². The zero-order chi connectivity index (χ0) is 11.6. The van der Waals surface area contributed by atoms with Gasteiger partial charge in [0.15, 0.2) is 0 Å². The van der Waals surface area contributed by atoms with E-state index in [1.165, 1.54) is 0 Å². The molecular weight excluding hydrogens is 196 g/mol.